The van der Waals surface area contributed by atoms with Crippen LogP contribution in [0.25, 0.3) is 0 Å². The Kier molecular flexibility index (Phi) is 21.0. The predicted molar refractivity (Wildman–Crippen MR) is 196 cm³/mol. The molecule has 5 unspecified atom stereocenters. The highest BCUT2D eigenvalue weighted by Gasteiger charge is 2.41. The lowest BCUT2D eigenvalue weighted by atomic mass is 9.94. The lowest BCUT2D eigenvalue weighted by Gasteiger charge is -2.37. The molecule has 6 atom stereocenters. The summed E-state index contributed by atoms with van der Waals surface area (Å²) in [4.78, 5) is 58.3. The van der Waals surface area contributed by atoms with E-state index in [2.05, 4.69) is 24.5 Å². The first-order chi connectivity index (χ1) is 23.3. The molecule has 1 aromatic carbocycles. The van der Waals surface area contributed by atoms with E-state index in [1.165, 1.54) is 6.42 Å². The summed E-state index contributed by atoms with van der Waals surface area (Å²) in [5.41, 5.74) is 1.15. The van der Waals surface area contributed by atoms with Crippen molar-refractivity contribution in [2.75, 3.05) is 55.0 Å². The maximum absolute atomic E-state index is 13.8. The molecule has 4 amide bonds. The summed E-state index contributed by atoms with van der Waals surface area (Å²) in [5, 5.41) is 5.83. The molecule has 1 aliphatic rings. The normalized spacial score (nSPS) is 17.4. The number of ether oxygens (including phenoxy) is 2. The lowest BCUT2D eigenvalue weighted by molar-refractivity contribution is -0.144. The van der Waals surface area contributed by atoms with Gasteiger partial charge in [-0.05, 0) is 51.3 Å². The SMILES string of the molecule is CCC.CCCC(C(CC(=O)N1CCC[C@H]1C(OC)C(C)C(=O)NCCc1ccccc1)OC)N(C)C(=O)CNC(=O)C(C(C)C)N(C)C. The molecule has 1 aromatic rings. The number of carbonyl (C=O) groups excluding carboxylic acids is 4. The number of benzene rings is 1. The van der Waals surface area contributed by atoms with E-state index < -0.39 is 18.1 Å². The summed E-state index contributed by atoms with van der Waals surface area (Å²) in [7, 11) is 8.55. The summed E-state index contributed by atoms with van der Waals surface area (Å²) in [6.07, 6.45) is 4.06. The Labute approximate surface area is 296 Å². The molecule has 2 N–H and O–H groups in total. The topological polar surface area (TPSA) is 121 Å². The molecular weight excluding hydrogens is 622 g/mol. The van der Waals surface area contributed by atoms with Crippen molar-refractivity contribution in [3.63, 3.8) is 0 Å². The Bertz CT molecular complexity index is 1110. The fourth-order valence-electron chi connectivity index (χ4n) is 6.72. The molecular formula is C38H67N5O6. The molecule has 280 valence electrons. The third-order valence-corrected chi connectivity index (χ3v) is 9.19. The Hall–Kier alpha value is -3.02. The summed E-state index contributed by atoms with van der Waals surface area (Å²) in [6, 6.07) is 9.06. The Balaban J connectivity index is 0.00000385. The number of nitrogens with zero attached hydrogens (tertiary/aromatic N) is 3. The molecule has 1 fully saturated rings. The van der Waals surface area contributed by atoms with E-state index in [9.17, 15) is 19.2 Å². The Morgan fingerprint density at radius 3 is 2.10 bits per heavy atom. The molecule has 0 spiro atoms. The number of carbonyl (C=O) groups is 4. The van der Waals surface area contributed by atoms with Gasteiger partial charge in [-0.2, -0.15) is 0 Å². The highest BCUT2D eigenvalue weighted by Crippen LogP contribution is 2.28. The number of hydrogen-bond acceptors (Lipinski definition) is 7. The molecule has 49 heavy (non-hydrogen) atoms. The lowest BCUT2D eigenvalue weighted by Crippen LogP contribution is -2.53. The van der Waals surface area contributed by atoms with Crippen LogP contribution in [0.5, 0.6) is 0 Å². The Morgan fingerprint density at radius 2 is 1.57 bits per heavy atom. The largest absolute Gasteiger partial charge is 0.379 e. The van der Waals surface area contributed by atoms with E-state index in [0.717, 1.165) is 31.2 Å². The van der Waals surface area contributed by atoms with Crippen LogP contribution in [0.1, 0.15) is 85.6 Å². The summed E-state index contributed by atoms with van der Waals surface area (Å²) in [5.74, 6) is -0.991. The van der Waals surface area contributed by atoms with Crippen molar-refractivity contribution in [3.05, 3.63) is 35.9 Å². The van der Waals surface area contributed by atoms with E-state index in [0.29, 0.717) is 19.5 Å². The maximum Gasteiger partial charge on any atom is 0.242 e. The van der Waals surface area contributed by atoms with Crippen LogP contribution in [0.4, 0.5) is 0 Å². The van der Waals surface area contributed by atoms with Crippen LogP contribution in [0, 0.1) is 11.8 Å². The van der Waals surface area contributed by atoms with Gasteiger partial charge in [-0.25, -0.2) is 0 Å². The maximum atomic E-state index is 13.8. The van der Waals surface area contributed by atoms with Crippen LogP contribution in [0.2, 0.25) is 0 Å². The molecule has 0 saturated carbocycles. The Morgan fingerprint density at radius 1 is 0.939 bits per heavy atom. The van der Waals surface area contributed by atoms with Crippen molar-refractivity contribution in [2.24, 2.45) is 11.8 Å². The molecule has 11 heteroatoms. The van der Waals surface area contributed by atoms with E-state index in [1.54, 1.807) is 26.2 Å². The first-order valence-corrected chi connectivity index (χ1v) is 18.2. The second-order valence-corrected chi connectivity index (χ2v) is 13.7. The van der Waals surface area contributed by atoms with Gasteiger partial charge >= 0.3 is 0 Å². The highest BCUT2D eigenvalue weighted by atomic mass is 16.5. The third-order valence-electron chi connectivity index (χ3n) is 9.19. The zero-order valence-corrected chi connectivity index (χ0v) is 32.3. The number of likely N-dealkylation sites (N-methyl/N-ethyl adjacent to an activating group) is 2. The fourth-order valence-corrected chi connectivity index (χ4v) is 6.72. The van der Waals surface area contributed by atoms with Crippen molar-refractivity contribution in [2.45, 2.75) is 117 Å². The van der Waals surface area contributed by atoms with Crippen LogP contribution < -0.4 is 10.6 Å². The minimum atomic E-state index is -0.539. The summed E-state index contributed by atoms with van der Waals surface area (Å²) in [6.45, 7) is 13.0. The molecule has 11 nitrogen and oxygen atoms in total. The molecule has 1 heterocycles. The first-order valence-electron chi connectivity index (χ1n) is 18.2. The van der Waals surface area contributed by atoms with Gasteiger partial charge in [-0.1, -0.05) is 84.7 Å². The van der Waals surface area contributed by atoms with Crippen molar-refractivity contribution < 1.29 is 28.7 Å². The van der Waals surface area contributed by atoms with E-state index >= 15 is 0 Å². The van der Waals surface area contributed by atoms with Gasteiger partial charge in [0.2, 0.25) is 23.6 Å². The number of methoxy groups -OCH3 is 2. The summed E-state index contributed by atoms with van der Waals surface area (Å²) < 4.78 is 11.7. The molecule has 1 aliphatic heterocycles. The van der Waals surface area contributed by atoms with E-state index in [4.69, 9.17) is 9.47 Å². The zero-order chi connectivity index (χ0) is 37.1. The van der Waals surface area contributed by atoms with Crippen molar-refractivity contribution in [1.82, 2.24) is 25.3 Å². The second-order valence-electron chi connectivity index (χ2n) is 13.7. The predicted octanol–water partition coefficient (Wildman–Crippen LogP) is 4.14. The molecule has 0 radical (unpaired) electrons. The van der Waals surface area contributed by atoms with Crippen LogP contribution in [-0.4, -0.2) is 124 Å². The smallest absolute Gasteiger partial charge is 0.242 e. The van der Waals surface area contributed by atoms with Crippen LogP contribution in [0.15, 0.2) is 30.3 Å². The highest BCUT2D eigenvalue weighted by molar-refractivity contribution is 5.87. The standard InChI is InChI=1S/C35H59N5O6.C3H8/c1-10-15-27(39(7)31(42)23-37-35(44)32(24(2)3)38(5)6)29(45-8)22-30(41)40-21-14-18-28(40)33(46-9)25(4)34(43)36-20-19-26-16-12-11-13-17-26;1-3-2/h11-13,16-17,24-25,27-29,32-33H,10,14-15,18-23H2,1-9H3,(H,36,43)(H,37,44);3H2,1-2H3/t25?,27?,28-,29?,32?,33?;/m0./s1. The van der Waals surface area contributed by atoms with Gasteiger partial charge < -0.3 is 29.9 Å². The van der Waals surface area contributed by atoms with Crippen molar-refractivity contribution in [1.29, 1.82) is 0 Å². The molecule has 1 saturated heterocycles. The second kappa shape index (κ2) is 23.4. The van der Waals surface area contributed by atoms with Gasteiger partial charge in [0.1, 0.15) is 0 Å². The average molecular weight is 690 g/mol. The molecule has 0 bridgehead atoms. The van der Waals surface area contributed by atoms with Crippen LogP contribution >= 0.6 is 0 Å². The van der Waals surface area contributed by atoms with Gasteiger partial charge in [0.15, 0.2) is 0 Å². The van der Waals surface area contributed by atoms with Gasteiger partial charge in [-0.15, -0.1) is 0 Å². The van der Waals surface area contributed by atoms with Crippen LogP contribution in [-0.2, 0) is 35.1 Å². The van der Waals surface area contributed by atoms with Crippen molar-refractivity contribution in [3.8, 4) is 0 Å². The number of nitrogens with one attached hydrogen (secondary N) is 2. The first kappa shape index (κ1) is 44.0. The van der Waals surface area contributed by atoms with E-state index in [-0.39, 0.29) is 60.6 Å². The fraction of sp³-hybridized carbons (Fsp3) is 0.737. The molecule has 0 aromatic heterocycles. The number of amides is 4. The minimum absolute atomic E-state index is 0.0867. The van der Waals surface area contributed by atoms with Gasteiger partial charge in [-0.3, -0.25) is 24.1 Å². The van der Waals surface area contributed by atoms with Crippen molar-refractivity contribution >= 4 is 23.6 Å². The van der Waals surface area contributed by atoms with E-state index in [1.807, 2.05) is 81.9 Å². The number of likely N-dealkylation sites (tertiary alicyclic amines) is 1. The summed E-state index contributed by atoms with van der Waals surface area (Å²) >= 11 is 0. The molecule has 2 rings (SSSR count). The quantitative estimate of drug-likeness (QED) is 0.224. The average Bonchev–Trinajstić information content (AvgIpc) is 3.55. The van der Waals surface area contributed by atoms with Gasteiger partial charge in [0.05, 0.1) is 49.2 Å². The number of hydrogen-bond donors (Lipinski definition) is 2. The number of rotatable bonds is 19. The third kappa shape index (κ3) is 14.0. The zero-order valence-electron chi connectivity index (χ0n) is 32.3. The van der Waals surface area contributed by atoms with Gasteiger partial charge in [0.25, 0.3) is 0 Å². The van der Waals surface area contributed by atoms with Crippen LogP contribution in [0.3, 0.4) is 0 Å². The minimum Gasteiger partial charge on any atom is -0.379 e. The van der Waals surface area contributed by atoms with Gasteiger partial charge in [0, 0.05) is 34.4 Å². The monoisotopic (exact) mass is 690 g/mol. The molecule has 0 aliphatic carbocycles.